The second-order valence-corrected chi connectivity index (χ2v) is 6.47. The van der Waals surface area contributed by atoms with Crippen molar-refractivity contribution < 1.29 is 19.1 Å². The Hall–Kier alpha value is -3.88. The van der Waals surface area contributed by atoms with Crippen molar-refractivity contribution in [2.45, 2.75) is 19.1 Å². The van der Waals surface area contributed by atoms with E-state index in [-0.39, 0.29) is 18.4 Å². The van der Waals surface area contributed by atoms with Gasteiger partial charge in [0.25, 0.3) is 5.91 Å². The highest BCUT2D eigenvalue weighted by atomic mass is 16.6. The monoisotopic (exact) mass is 393 g/mol. The lowest BCUT2D eigenvalue weighted by atomic mass is 10.2. The molecule has 9 nitrogen and oxygen atoms in total. The molecular weight excluding hydrogens is 374 g/mol. The molecule has 1 aromatic heterocycles. The van der Waals surface area contributed by atoms with Gasteiger partial charge in [-0.05, 0) is 43.3 Å². The van der Waals surface area contributed by atoms with Crippen LogP contribution in [0.4, 0.5) is 11.4 Å². The van der Waals surface area contributed by atoms with E-state index in [1.165, 1.54) is 17.3 Å². The van der Waals surface area contributed by atoms with Gasteiger partial charge in [-0.3, -0.25) is 9.59 Å². The Kier molecular flexibility index (Phi) is 5.10. The minimum absolute atomic E-state index is 0.136. The van der Waals surface area contributed by atoms with Crippen molar-refractivity contribution in [1.29, 1.82) is 0 Å². The fourth-order valence-corrected chi connectivity index (χ4v) is 2.79. The van der Waals surface area contributed by atoms with E-state index in [4.69, 9.17) is 9.47 Å². The number of carbonyl (C=O) groups excluding carboxylic acids is 2. The van der Waals surface area contributed by atoms with Gasteiger partial charge in [0.2, 0.25) is 12.0 Å². The number of fused-ring (bicyclic) bond motifs is 1. The lowest BCUT2D eigenvalue weighted by Gasteiger charge is -2.25. The van der Waals surface area contributed by atoms with Crippen molar-refractivity contribution in [3.8, 4) is 11.5 Å². The van der Waals surface area contributed by atoms with Crippen LogP contribution in [-0.2, 0) is 9.59 Å². The molecule has 29 heavy (non-hydrogen) atoms. The topological polar surface area (TPSA) is 107 Å². The van der Waals surface area contributed by atoms with Crippen LogP contribution >= 0.6 is 0 Å². The normalized spacial score (nSPS) is 16.0. The third-order valence-electron chi connectivity index (χ3n) is 4.43. The first-order valence-corrected chi connectivity index (χ1v) is 9.04. The number of hydrogen-bond acceptors (Lipinski definition) is 6. The molecular formula is C20H19N5O4. The maximum absolute atomic E-state index is 12.5. The summed E-state index contributed by atoms with van der Waals surface area (Å²) in [7, 11) is 0. The smallest absolute Gasteiger partial charge is 0.269 e. The highest BCUT2D eigenvalue weighted by Gasteiger charge is 2.27. The second kappa shape index (κ2) is 8.01. The predicted molar refractivity (Wildman–Crippen MR) is 105 cm³/mol. The molecule has 9 heteroatoms. The van der Waals surface area contributed by atoms with Crippen molar-refractivity contribution in [3.05, 3.63) is 61.2 Å². The molecule has 0 radical (unpaired) electrons. The van der Waals surface area contributed by atoms with Crippen molar-refractivity contribution in [2.75, 3.05) is 17.2 Å². The molecule has 148 valence electrons. The number of hydrogen-bond donors (Lipinski definition) is 2. The highest BCUT2D eigenvalue weighted by Crippen LogP contribution is 2.31. The fraction of sp³-hybridized carbons (Fsp3) is 0.200. The zero-order chi connectivity index (χ0) is 20.2. The summed E-state index contributed by atoms with van der Waals surface area (Å²) in [5.41, 5.74) is 1.19. The van der Waals surface area contributed by atoms with Crippen molar-refractivity contribution in [2.24, 2.45) is 0 Å². The van der Waals surface area contributed by atoms with Crippen LogP contribution in [0.3, 0.4) is 0 Å². The maximum Gasteiger partial charge on any atom is 0.269 e. The Morgan fingerprint density at radius 2 is 1.76 bits per heavy atom. The summed E-state index contributed by atoms with van der Waals surface area (Å²) in [5.74, 6) is 0.630. The molecule has 2 atom stereocenters. The number of carbonyl (C=O) groups is 2. The Morgan fingerprint density at radius 1 is 1.07 bits per heavy atom. The average molecular weight is 393 g/mol. The number of anilines is 2. The first-order valence-electron chi connectivity index (χ1n) is 9.04. The van der Waals surface area contributed by atoms with Crippen LogP contribution in [-0.4, -0.2) is 39.3 Å². The molecule has 0 spiro atoms. The third kappa shape index (κ3) is 4.18. The summed E-state index contributed by atoms with van der Waals surface area (Å²) < 4.78 is 12.7. The summed E-state index contributed by atoms with van der Waals surface area (Å²) in [6, 6.07) is 13.5. The maximum atomic E-state index is 12.5. The standard InChI is InChI=1S/C20H19N5O4/c1-13(25-12-21-11-22-25)19(26)23-14-6-8-15(9-7-14)24-20(27)18-10-28-16-4-2-3-5-17(16)29-18/h2-9,11-13,18H,10H2,1H3,(H,23,26)(H,24,27)/t13-,18-/m1/s1. The minimum atomic E-state index is -0.743. The van der Waals surface area contributed by atoms with E-state index >= 15 is 0 Å². The van der Waals surface area contributed by atoms with Gasteiger partial charge >= 0.3 is 0 Å². The van der Waals surface area contributed by atoms with E-state index in [2.05, 4.69) is 20.7 Å². The van der Waals surface area contributed by atoms with Crippen LogP contribution in [0.15, 0.2) is 61.2 Å². The molecule has 3 aromatic rings. The predicted octanol–water partition coefficient (Wildman–Crippen LogP) is 2.26. The minimum Gasteiger partial charge on any atom is -0.485 e. The van der Waals surface area contributed by atoms with Gasteiger partial charge in [0.05, 0.1) is 0 Å². The number of rotatable bonds is 5. The number of nitrogens with zero attached hydrogens (tertiary/aromatic N) is 3. The van der Waals surface area contributed by atoms with Gasteiger partial charge in [0.15, 0.2) is 11.5 Å². The number of para-hydroxylation sites is 2. The van der Waals surface area contributed by atoms with Crippen LogP contribution in [0.2, 0.25) is 0 Å². The summed E-state index contributed by atoms with van der Waals surface area (Å²) in [4.78, 5) is 28.6. The Morgan fingerprint density at radius 3 is 2.45 bits per heavy atom. The van der Waals surface area contributed by atoms with Gasteiger partial charge in [0, 0.05) is 11.4 Å². The summed E-state index contributed by atoms with van der Waals surface area (Å²) in [6.07, 6.45) is 2.12. The van der Waals surface area contributed by atoms with Crippen molar-refractivity contribution in [1.82, 2.24) is 14.8 Å². The molecule has 0 aliphatic carbocycles. The number of nitrogens with one attached hydrogen (secondary N) is 2. The zero-order valence-corrected chi connectivity index (χ0v) is 15.6. The molecule has 2 aromatic carbocycles. The molecule has 0 saturated carbocycles. The van der Waals surface area contributed by atoms with Crippen LogP contribution < -0.4 is 20.1 Å². The lowest BCUT2D eigenvalue weighted by molar-refractivity contribution is -0.125. The van der Waals surface area contributed by atoms with E-state index in [1.54, 1.807) is 43.3 Å². The van der Waals surface area contributed by atoms with Gasteiger partial charge in [0.1, 0.15) is 25.3 Å². The summed E-state index contributed by atoms with van der Waals surface area (Å²) in [5, 5.41) is 9.55. The van der Waals surface area contributed by atoms with Crippen molar-refractivity contribution in [3.63, 3.8) is 0 Å². The van der Waals surface area contributed by atoms with E-state index in [0.29, 0.717) is 22.9 Å². The van der Waals surface area contributed by atoms with E-state index in [9.17, 15) is 9.59 Å². The van der Waals surface area contributed by atoms with Gasteiger partial charge in [-0.2, -0.15) is 5.10 Å². The van der Waals surface area contributed by atoms with Gasteiger partial charge in [-0.25, -0.2) is 9.67 Å². The number of benzene rings is 2. The Bertz CT molecular complexity index is 1000. The van der Waals surface area contributed by atoms with Gasteiger partial charge < -0.3 is 20.1 Å². The average Bonchev–Trinajstić information content (AvgIpc) is 3.29. The van der Waals surface area contributed by atoms with Gasteiger partial charge in [-0.1, -0.05) is 12.1 Å². The highest BCUT2D eigenvalue weighted by molar-refractivity contribution is 5.96. The van der Waals surface area contributed by atoms with E-state index in [0.717, 1.165) is 0 Å². The van der Waals surface area contributed by atoms with Crippen LogP contribution in [0.5, 0.6) is 11.5 Å². The van der Waals surface area contributed by atoms with Crippen LogP contribution in [0, 0.1) is 0 Å². The first kappa shape index (κ1) is 18.5. The molecule has 0 unspecified atom stereocenters. The molecule has 2 heterocycles. The largest absolute Gasteiger partial charge is 0.485 e. The lowest BCUT2D eigenvalue weighted by Crippen LogP contribution is -2.40. The molecule has 0 bridgehead atoms. The van der Waals surface area contributed by atoms with Crippen LogP contribution in [0.1, 0.15) is 13.0 Å². The summed E-state index contributed by atoms with van der Waals surface area (Å²) >= 11 is 0. The Balaban J connectivity index is 1.34. The molecule has 4 rings (SSSR count). The Labute approximate surface area is 166 Å². The van der Waals surface area contributed by atoms with E-state index in [1.807, 2.05) is 12.1 Å². The quantitative estimate of drug-likeness (QED) is 0.689. The van der Waals surface area contributed by atoms with E-state index < -0.39 is 12.1 Å². The molecule has 0 saturated heterocycles. The molecule has 0 fully saturated rings. The van der Waals surface area contributed by atoms with Gasteiger partial charge in [-0.15, -0.1) is 0 Å². The second-order valence-electron chi connectivity index (χ2n) is 6.47. The molecule has 2 N–H and O–H groups in total. The fourth-order valence-electron chi connectivity index (χ4n) is 2.79. The molecule has 1 aliphatic heterocycles. The van der Waals surface area contributed by atoms with Crippen molar-refractivity contribution >= 4 is 23.2 Å². The number of ether oxygens (including phenoxy) is 2. The third-order valence-corrected chi connectivity index (χ3v) is 4.43. The molecule has 1 aliphatic rings. The first-order chi connectivity index (χ1) is 14.1. The SMILES string of the molecule is C[C@H](C(=O)Nc1ccc(NC(=O)[C@H]2COc3ccccc3O2)cc1)n1cncn1. The zero-order valence-electron chi connectivity index (χ0n) is 15.6. The van der Waals surface area contributed by atoms with Crippen LogP contribution in [0.25, 0.3) is 0 Å². The number of amides is 2. The molecule has 2 amide bonds. The summed E-state index contributed by atoms with van der Waals surface area (Å²) in [6.45, 7) is 1.86. The number of aromatic nitrogens is 3.